The summed E-state index contributed by atoms with van der Waals surface area (Å²) < 4.78 is 4.53. The van der Waals surface area contributed by atoms with Crippen LogP contribution >= 0.6 is 11.3 Å². The molecule has 0 atom stereocenters. The summed E-state index contributed by atoms with van der Waals surface area (Å²) in [5.41, 5.74) is 1.06. The molecular weight excluding hydrogens is 224 g/mol. The third kappa shape index (κ3) is 3.90. The molecule has 16 heavy (non-hydrogen) atoms. The summed E-state index contributed by atoms with van der Waals surface area (Å²) in [5.74, 6) is -0.258. The second kappa shape index (κ2) is 5.41. The van der Waals surface area contributed by atoms with Crippen LogP contribution in [-0.2, 0) is 21.5 Å². The fourth-order valence-corrected chi connectivity index (χ4v) is 2.00. The van der Waals surface area contributed by atoms with E-state index < -0.39 is 0 Å². The SMILES string of the molecule is COC(=O)CNCc1csc(C(C)(C)C)n1. The van der Waals surface area contributed by atoms with Crippen molar-refractivity contribution in [3.05, 3.63) is 16.1 Å². The van der Waals surface area contributed by atoms with Crippen molar-refractivity contribution in [3.63, 3.8) is 0 Å². The number of thiazole rings is 1. The monoisotopic (exact) mass is 242 g/mol. The molecule has 0 saturated carbocycles. The molecule has 5 heteroatoms. The fraction of sp³-hybridized carbons (Fsp3) is 0.636. The zero-order chi connectivity index (χ0) is 12.2. The molecular formula is C11H18N2O2S. The first-order chi connectivity index (χ1) is 7.43. The Bertz CT molecular complexity index is 355. The van der Waals surface area contributed by atoms with Gasteiger partial charge in [-0.3, -0.25) is 4.79 Å². The van der Waals surface area contributed by atoms with Gasteiger partial charge in [-0.05, 0) is 0 Å². The molecule has 4 nitrogen and oxygen atoms in total. The minimum Gasteiger partial charge on any atom is -0.468 e. The predicted octanol–water partition coefficient (Wildman–Crippen LogP) is 1.70. The van der Waals surface area contributed by atoms with Gasteiger partial charge in [0, 0.05) is 17.3 Å². The lowest BCUT2D eigenvalue weighted by molar-refractivity contribution is -0.139. The smallest absolute Gasteiger partial charge is 0.319 e. The van der Waals surface area contributed by atoms with Crippen molar-refractivity contribution >= 4 is 17.3 Å². The van der Waals surface area contributed by atoms with Gasteiger partial charge in [0.2, 0.25) is 0 Å². The van der Waals surface area contributed by atoms with Crippen molar-refractivity contribution in [1.29, 1.82) is 0 Å². The van der Waals surface area contributed by atoms with Gasteiger partial charge >= 0.3 is 5.97 Å². The first-order valence-corrected chi connectivity index (χ1v) is 6.04. The molecule has 1 heterocycles. The summed E-state index contributed by atoms with van der Waals surface area (Å²) >= 11 is 1.65. The molecule has 0 spiro atoms. The van der Waals surface area contributed by atoms with Crippen LogP contribution in [0.3, 0.4) is 0 Å². The van der Waals surface area contributed by atoms with Gasteiger partial charge in [0.1, 0.15) is 0 Å². The van der Waals surface area contributed by atoms with Crippen molar-refractivity contribution in [1.82, 2.24) is 10.3 Å². The highest BCUT2D eigenvalue weighted by atomic mass is 32.1. The van der Waals surface area contributed by atoms with Gasteiger partial charge < -0.3 is 10.1 Å². The number of nitrogens with zero attached hydrogens (tertiary/aromatic N) is 1. The number of methoxy groups -OCH3 is 1. The lowest BCUT2D eigenvalue weighted by Gasteiger charge is -2.13. The summed E-state index contributed by atoms with van der Waals surface area (Å²) in [6.45, 7) is 7.23. The molecule has 0 radical (unpaired) electrons. The number of esters is 1. The maximum atomic E-state index is 10.9. The molecule has 1 aromatic rings. The summed E-state index contributed by atoms with van der Waals surface area (Å²) in [6.07, 6.45) is 0. The number of carbonyl (C=O) groups excluding carboxylic acids is 1. The van der Waals surface area contributed by atoms with Gasteiger partial charge in [-0.15, -0.1) is 11.3 Å². The van der Waals surface area contributed by atoms with Crippen LogP contribution < -0.4 is 5.32 Å². The number of hydrogen-bond donors (Lipinski definition) is 1. The number of hydrogen-bond acceptors (Lipinski definition) is 5. The van der Waals surface area contributed by atoms with E-state index in [1.165, 1.54) is 7.11 Å². The van der Waals surface area contributed by atoms with Crippen LogP contribution in [0, 0.1) is 0 Å². The van der Waals surface area contributed by atoms with Crippen LogP contribution in [0.4, 0.5) is 0 Å². The highest BCUT2D eigenvalue weighted by molar-refractivity contribution is 7.09. The van der Waals surface area contributed by atoms with Crippen molar-refractivity contribution in [2.24, 2.45) is 0 Å². The average molecular weight is 242 g/mol. The Kier molecular flexibility index (Phi) is 4.44. The molecule has 0 aliphatic heterocycles. The molecule has 90 valence electrons. The highest BCUT2D eigenvalue weighted by Crippen LogP contribution is 2.25. The van der Waals surface area contributed by atoms with E-state index >= 15 is 0 Å². The van der Waals surface area contributed by atoms with E-state index in [0.717, 1.165) is 10.7 Å². The predicted molar refractivity (Wildman–Crippen MR) is 64.5 cm³/mol. The number of ether oxygens (including phenoxy) is 1. The Morgan fingerprint density at radius 3 is 2.75 bits per heavy atom. The Morgan fingerprint density at radius 1 is 1.56 bits per heavy atom. The maximum Gasteiger partial charge on any atom is 0.319 e. The zero-order valence-electron chi connectivity index (χ0n) is 10.2. The number of nitrogens with one attached hydrogen (secondary N) is 1. The van der Waals surface area contributed by atoms with Gasteiger partial charge in [0.15, 0.2) is 0 Å². The minimum absolute atomic E-state index is 0.0886. The Hall–Kier alpha value is -0.940. The average Bonchev–Trinajstić information content (AvgIpc) is 2.65. The number of carbonyl (C=O) groups is 1. The van der Waals surface area contributed by atoms with E-state index in [4.69, 9.17) is 0 Å². The van der Waals surface area contributed by atoms with Crippen molar-refractivity contribution in [3.8, 4) is 0 Å². The molecule has 1 aromatic heterocycles. The fourth-order valence-electron chi connectivity index (χ4n) is 1.10. The van der Waals surface area contributed by atoms with E-state index in [2.05, 4.69) is 35.8 Å². The van der Waals surface area contributed by atoms with E-state index in [1.54, 1.807) is 11.3 Å². The van der Waals surface area contributed by atoms with Crippen LogP contribution in [0.2, 0.25) is 0 Å². The van der Waals surface area contributed by atoms with Gasteiger partial charge in [0.25, 0.3) is 0 Å². The Labute approximate surface area is 100 Å². The van der Waals surface area contributed by atoms with Crippen molar-refractivity contribution in [2.45, 2.75) is 32.7 Å². The normalized spacial score (nSPS) is 11.5. The summed E-state index contributed by atoms with van der Waals surface area (Å²) in [5, 5.41) is 6.12. The van der Waals surface area contributed by atoms with Crippen LogP contribution in [-0.4, -0.2) is 24.6 Å². The largest absolute Gasteiger partial charge is 0.468 e. The maximum absolute atomic E-state index is 10.9. The van der Waals surface area contributed by atoms with Crippen LogP contribution in [0.1, 0.15) is 31.5 Å². The minimum atomic E-state index is -0.258. The molecule has 0 aliphatic rings. The van der Waals surface area contributed by atoms with Gasteiger partial charge in [-0.1, -0.05) is 20.8 Å². The summed E-state index contributed by atoms with van der Waals surface area (Å²) in [4.78, 5) is 15.4. The third-order valence-corrected chi connectivity index (χ3v) is 3.31. The first-order valence-electron chi connectivity index (χ1n) is 5.16. The molecule has 0 aliphatic carbocycles. The molecule has 0 aromatic carbocycles. The summed E-state index contributed by atoms with van der Waals surface area (Å²) in [7, 11) is 1.38. The van der Waals surface area contributed by atoms with Crippen LogP contribution in [0.15, 0.2) is 5.38 Å². The van der Waals surface area contributed by atoms with Crippen molar-refractivity contribution < 1.29 is 9.53 Å². The topological polar surface area (TPSA) is 51.2 Å². The van der Waals surface area contributed by atoms with E-state index in [9.17, 15) is 4.79 Å². The third-order valence-electron chi connectivity index (χ3n) is 2.00. The molecule has 0 fully saturated rings. The zero-order valence-corrected chi connectivity index (χ0v) is 11.0. The first kappa shape index (κ1) is 13.1. The van der Waals surface area contributed by atoms with Gasteiger partial charge in [0.05, 0.1) is 24.4 Å². The lowest BCUT2D eigenvalue weighted by atomic mass is 9.98. The van der Waals surface area contributed by atoms with E-state index in [0.29, 0.717) is 6.54 Å². The molecule has 1 rings (SSSR count). The van der Waals surface area contributed by atoms with Gasteiger partial charge in [-0.2, -0.15) is 0 Å². The van der Waals surface area contributed by atoms with Crippen molar-refractivity contribution in [2.75, 3.05) is 13.7 Å². The second-order valence-corrected chi connectivity index (χ2v) is 5.43. The summed E-state index contributed by atoms with van der Waals surface area (Å²) in [6, 6.07) is 0. The number of rotatable bonds is 4. The Balaban J connectivity index is 2.44. The highest BCUT2D eigenvalue weighted by Gasteiger charge is 2.17. The molecule has 0 unspecified atom stereocenters. The quantitative estimate of drug-likeness (QED) is 0.817. The van der Waals surface area contributed by atoms with Gasteiger partial charge in [-0.25, -0.2) is 4.98 Å². The van der Waals surface area contributed by atoms with E-state index in [-0.39, 0.29) is 17.9 Å². The molecule has 0 bridgehead atoms. The standard InChI is InChI=1S/C11H18N2O2S/c1-11(2,3)10-13-8(7-16-10)5-12-6-9(14)15-4/h7,12H,5-6H2,1-4H3. The second-order valence-electron chi connectivity index (χ2n) is 4.57. The Morgan fingerprint density at radius 2 is 2.25 bits per heavy atom. The number of aromatic nitrogens is 1. The molecule has 0 amide bonds. The van der Waals surface area contributed by atoms with Crippen LogP contribution in [0.25, 0.3) is 0 Å². The molecule has 0 saturated heterocycles. The van der Waals surface area contributed by atoms with Crippen LogP contribution in [0.5, 0.6) is 0 Å². The molecule has 1 N–H and O–H groups in total. The van der Waals surface area contributed by atoms with E-state index in [1.807, 2.05) is 5.38 Å². The lowest BCUT2D eigenvalue weighted by Crippen LogP contribution is -2.23.